The number of H-pyrrole nitrogens is 1. The molecule has 0 aliphatic rings. The van der Waals surface area contributed by atoms with Gasteiger partial charge in [-0.2, -0.15) is 0 Å². The number of carbonyl (C=O) groups excluding carboxylic acids is 3. The van der Waals surface area contributed by atoms with E-state index in [2.05, 4.69) is 20.9 Å². The minimum absolute atomic E-state index is 0.101. The van der Waals surface area contributed by atoms with Crippen LogP contribution in [-0.2, 0) is 16.0 Å². The van der Waals surface area contributed by atoms with Gasteiger partial charge in [-0.3, -0.25) is 14.4 Å². The monoisotopic (exact) mass is 462 g/mol. The topological polar surface area (TPSA) is 116 Å². The van der Waals surface area contributed by atoms with E-state index in [0.29, 0.717) is 5.76 Å². The lowest BCUT2D eigenvalue weighted by Crippen LogP contribution is -2.44. The summed E-state index contributed by atoms with van der Waals surface area (Å²) in [6, 6.07) is 12.1. The van der Waals surface area contributed by atoms with E-state index in [1.807, 2.05) is 24.3 Å². The molecule has 4 rings (SSSR count). The molecule has 0 aliphatic heterocycles. The lowest BCUT2D eigenvalue weighted by Gasteiger charge is -2.18. The smallest absolute Gasteiger partial charge is 0.259 e. The van der Waals surface area contributed by atoms with Gasteiger partial charge in [0.1, 0.15) is 17.6 Å². The lowest BCUT2D eigenvalue weighted by molar-refractivity contribution is -0.125. The number of furan rings is 1. The van der Waals surface area contributed by atoms with Gasteiger partial charge in [-0.25, -0.2) is 4.39 Å². The summed E-state index contributed by atoms with van der Waals surface area (Å²) >= 11 is 0. The predicted octanol–water partition coefficient (Wildman–Crippen LogP) is 4.15. The van der Waals surface area contributed by atoms with Gasteiger partial charge in [-0.1, -0.05) is 18.2 Å². The second-order valence-electron chi connectivity index (χ2n) is 7.85. The number of carbonyl (C=O) groups is 3. The Balaban J connectivity index is 1.52. The fourth-order valence-electron chi connectivity index (χ4n) is 3.71. The third kappa shape index (κ3) is 4.98. The Kier molecular flexibility index (Phi) is 6.44. The van der Waals surface area contributed by atoms with Crippen molar-refractivity contribution in [2.45, 2.75) is 26.3 Å². The van der Waals surface area contributed by atoms with Crippen molar-refractivity contribution in [1.29, 1.82) is 0 Å². The molecule has 1 unspecified atom stereocenters. The van der Waals surface area contributed by atoms with E-state index in [4.69, 9.17) is 4.42 Å². The van der Waals surface area contributed by atoms with Gasteiger partial charge in [0, 0.05) is 36.1 Å². The molecule has 0 spiro atoms. The number of aromatic amines is 1. The lowest BCUT2D eigenvalue weighted by atomic mass is 10.0. The van der Waals surface area contributed by atoms with Crippen LogP contribution in [0.2, 0.25) is 0 Å². The molecule has 2 aromatic heterocycles. The molecular weight excluding hydrogens is 439 g/mol. The van der Waals surface area contributed by atoms with Crippen LogP contribution in [0.4, 0.5) is 15.8 Å². The highest BCUT2D eigenvalue weighted by molar-refractivity contribution is 6.05. The Morgan fingerprint density at radius 2 is 1.88 bits per heavy atom. The van der Waals surface area contributed by atoms with Crippen LogP contribution in [0.25, 0.3) is 10.9 Å². The third-order valence-corrected chi connectivity index (χ3v) is 5.38. The van der Waals surface area contributed by atoms with Crippen LogP contribution >= 0.6 is 0 Å². The quantitative estimate of drug-likeness (QED) is 0.330. The fourth-order valence-corrected chi connectivity index (χ4v) is 3.71. The zero-order valence-electron chi connectivity index (χ0n) is 18.6. The molecule has 4 N–H and O–H groups in total. The Bertz CT molecular complexity index is 1370. The molecule has 0 saturated heterocycles. The highest BCUT2D eigenvalue weighted by Crippen LogP contribution is 2.23. The zero-order valence-corrected chi connectivity index (χ0v) is 18.6. The number of hydrogen-bond donors (Lipinski definition) is 4. The van der Waals surface area contributed by atoms with Crippen LogP contribution in [0.5, 0.6) is 0 Å². The van der Waals surface area contributed by atoms with Crippen molar-refractivity contribution in [3.8, 4) is 0 Å². The van der Waals surface area contributed by atoms with Gasteiger partial charge in [0.2, 0.25) is 11.8 Å². The maximum Gasteiger partial charge on any atom is 0.259 e. The van der Waals surface area contributed by atoms with E-state index in [0.717, 1.165) is 22.5 Å². The second-order valence-corrected chi connectivity index (χ2v) is 7.85. The Labute approximate surface area is 194 Å². The summed E-state index contributed by atoms with van der Waals surface area (Å²) in [5, 5.41) is 8.80. The molecule has 9 heteroatoms. The average molecular weight is 462 g/mol. The van der Waals surface area contributed by atoms with Gasteiger partial charge in [-0.15, -0.1) is 0 Å². The Morgan fingerprint density at radius 1 is 1.09 bits per heavy atom. The third-order valence-electron chi connectivity index (χ3n) is 5.38. The largest absolute Gasteiger partial charge is 0.469 e. The molecule has 0 bridgehead atoms. The van der Waals surface area contributed by atoms with Gasteiger partial charge < -0.3 is 25.4 Å². The molecule has 2 aromatic carbocycles. The van der Waals surface area contributed by atoms with Crippen LogP contribution < -0.4 is 16.0 Å². The summed E-state index contributed by atoms with van der Waals surface area (Å²) < 4.78 is 19.4. The Morgan fingerprint density at radius 3 is 2.62 bits per heavy atom. The SMILES string of the molecule is CC(=O)NC(Cc1c[nH]c2ccccc12)C(=O)Nc1ccc(F)c(NC(=O)c2ccoc2C)c1. The highest BCUT2D eigenvalue weighted by Gasteiger charge is 2.22. The molecule has 0 radical (unpaired) electrons. The molecule has 174 valence electrons. The van der Waals surface area contributed by atoms with Crippen molar-refractivity contribution in [2.75, 3.05) is 10.6 Å². The van der Waals surface area contributed by atoms with Crippen LogP contribution in [0.1, 0.15) is 28.6 Å². The van der Waals surface area contributed by atoms with E-state index in [1.165, 1.54) is 31.4 Å². The number of amides is 3. The summed E-state index contributed by atoms with van der Waals surface area (Å²) in [5.41, 5.74) is 2.23. The van der Waals surface area contributed by atoms with Crippen molar-refractivity contribution < 1.29 is 23.2 Å². The normalized spacial score (nSPS) is 11.7. The fraction of sp³-hybridized carbons (Fsp3) is 0.160. The maximum atomic E-state index is 14.3. The van der Waals surface area contributed by atoms with E-state index in [1.54, 1.807) is 13.1 Å². The van der Waals surface area contributed by atoms with Gasteiger partial charge >= 0.3 is 0 Å². The minimum atomic E-state index is -0.867. The van der Waals surface area contributed by atoms with Crippen molar-refractivity contribution in [3.05, 3.63) is 83.7 Å². The first-order chi connectivity index (χ1) is 16.3. The van der Waals surface area contributed by atoms with Crippen LogP contribution in [0.3, 0.4) is 0 Å². The average Bonchev–Trinajstić information content (AvgIpc) is 3.41. The summed E-state index contributed by atoms with van der Waals surface area (Å²) in [5.74, 6) is -1.64. The van der Waals surface area contributed by atoms with E-state index >= 15 is 0 Å². The summed E-state index contributed by atoms with van der Waals surface area (Å²) in [6.07, 6.45) is 3.42. The number of para-hydroxylation sites is 1. The van der Waals surface area contributed by atoms with Crippen LogP contribution in [0, 0.1) is 12.7 Å². The second kappa shape index (κ2) is 9.62. The predicted molar refractivity (Wildman–Crippen MR) is 126 cm³/mol. The first kappa shape index (κ1) is 22.8. The molecule has 34 heavy (non-hydrogen) atoms. The first-order valence-electron chi connectivity index (χ1n) is 10.6. The molecule has 8 nitrogen and oxygen atoms in total. The summed E-state index contributed by atoms with van der Waals surface area (Å²) in [4.78, 5) is 40.4. The van der Waals surface area contributed by atoms with Crippen molar-refractivity contribution >= 4 is 40.0 Å². The number of anilines is 2. The molecular formula is C25H23FN4O4. The highest BCUT2D eigenvalue weighted by atomic mass is 19.1. The van der Waals surface area contributed by atoms with Crippen LogP contribution in [0.15, 0.2) is 65.4 Å². The van der Waals surface area contributed by atoms with E-state index in [9.17, 15) is 18.8 Å². The van der Waals surface area contributed by atoms with E-state index < -0.39 is 23.7 Å². The molecule has 1 atom stereocenters. The number of hydrogen-bond acceptors (Lipinski definition) is 4. The number of aryl methyl sites for hydroxylation is 1. The molecule has 2 heterocycles. The van der Waals surface area contributed by atoms with Crippen molar-refractivity contribution in [2.24, 2.45) is 0 Å². The number of benzene rings is 2. The summed E-state index contributed by atoms with van der Waals surface area (Å²) in [7, 11) is 0. The van der Waals surface area contributed by atoms with E-state index in [-0.39, 0.29) is 29.3 Å². The molecule has 0 fully saturated rings. The molecule has 3 amide bonds. The van der Waals surface area contributed by atoms with Crippen molar-refractivity contribution in [1.82, 2.24) is 10.3 Å². The molecule has 4 aromatic rings. The number of rotatable bonds is 7. The van der Waals surface area contributed by atoms with Crippen LogP contribution in [-0.4, -0.2) is 28.7 Å². The number of nitrogens with one attached hydrogen (secondary N) is 4. The number of halogens is 1. The zero-order chi connectivity index (χ0) is 24.2. The molecule has 0 saturated carbocycles. The molecule has 0 aliphatic carbocycles. The minimum Gasteiger partial charge on any atom is -0.469 e. The van der Waals surface area contributed by atoms with Gasteiger partial charge in [0.25, 0.3) is 5.91 Å². The van der Waals surface area contributed by atoms with Gasteiger partial charge in [-0.05, 0) is 42.8 Å². The van der Waals surface area contributed by atoms with Crippen molar-refractivity contribution in [3.63, 3.8) is 0 Å². The Hall–Kier alpha value is -4.40. The standard InChI is InChI=1S/C25H23FN4O4/c1-14-18(9-10-34-14)24(32)30-22-12-17(7-8-20(22)26)29-25(33)23(28-15(2)31)11-16-13-27-21-6-4-3-5-19(16)21/h3-10,12-13,23,27H,11H2,1-2H3,(H,28,31)(H,29,33)(H,30,32). The summed E-state index contributed by atoms with van der Waals surface area (Å²) in [6.45, 7) is 2.96. The maximum absolute atomic E-state index is 14.3. The van der Waals surface area contributed by atoms with Gasteiger partial charge in [0.05, 0.1) is 17.5 Å². The first-order valence-corrected chi connectivity index (χ1v) is 10.6. The number of aromatic nitrogens is 1. The number of fused-ring (bicyclic) bond motifs is 1. The van der Waals surface area contributed by atoms with Gasteiger partial charge in [0.15, 0.2) is 0 Å².